The second kappa shape index (κ2) is 5.77. The van der Waals surface area contributed by atoms with Crippen LogP contribution in [0.2, 0.25) is 0 Å². The van der Waals surface area contributed by atoms with Crippen molar-refractivity contribution in [3.63, 3.8) is 0 Å². The van der Waals surface area contributed by atoms with Crippen LogP contribution in [0.3, 0.4) is 0 Å². The molecule has 0 aliphatic heterocycles. The molecule has 6 heteroatoms. The SMILES string of the molecule is CC(C)(C)c1ccc(Nc2ncnc3c(Br)c[nH]c(=O)c23)cc1. The second-order valence-electron chi connectivity index (χ2n) is 6.36. The number of hydrogen-bond donors (Lipinski definition) is 2. The van der Waals surface area contributed by atoms with Crippen LogP contribution in [0, 0.1) is 0 Å². The predicted molar refractivity (Wildman–Crippen MR) is 96.3 cm³/mol. The number of benzene rings is 1. The van der Waals surface area contributed by atoms with Crippen molar-refractivity contribution in [1.29, 1.82) is 0 Å². The summed E-state index contributed by atoms with van der Waals surface area (Å²) in [6.45, 7) is 6.51. The maximum Gasteiger partial charge on any atom is 0.261 e. The van der Waals surface area contributed by atoms with Gasteiger partial charge in [-0.1, -0.05) is 32.9 Å². The van der Waals surface area contributed by atoms with Crippen LogP contribution in [0.5, 0.6) is 0 Å². The normalized spacial score (nSPS) is 11.7. The Labute approximate surface area is 142 Å². The van der Waals surface area contributed by atoms with Crippen LogP contribution in [0.4, 0.5) is 11.5 Å². The van der Waals surface area contributed by atoms with Gasteiger partial charge in [-0.3, -0.25) is 4.79 Å². The zero-order chi connectivity index (χ0) is 16.6. The van der Waals surface area contributed by atoms with Crippen LogP contribution in [0.25, 0.3) is 10.9 Å². The Morgan fingerprint density at radius 2 is 1.83 bits per heavy atom. The summed E-state index contributed by atoms with van der Waals surface area (Å²) in [5, 5.41) is 3.63. The van der Waals surface area contributed by atoms with E-state index in [0.29, 0.717) is 16.7 Å². The number of rotatable bonds is 2. The fourth-order valence-electron chi connectivity index (χ4n) is 2.34. The molecule has 0 amide bonds. The number of nitrogens with zero attached hydrogens (tertiary/aromatic N) is 2. The van der Waals surface area contributed by atoms with E-state index in [1.807, 2.05) is 12.1 Å². The van der Waals surface area contributed by atoms with Crippen LogP contribution < -0.4 is 10.9 Å². The van der Waals surface area contributed by atoms with Crippen LogP contribution in [0.1, 0.15) is 26.3 Å². The fourth-order valence-corrected chi connectivity index (χ4v) is 2.75. The van der Waals surface area contributed by atoms with E-state index in [-0.39, 0.29) is 11.0 Å². The van der Waals surface area contributed by atoms with Gasteiger partial charge in [0.2, 0.25) is 0 Å². The number of aromatic nitrogens is 3. The molecule has 0 saturated heterocycles. The molecule has 0 aliphatic carbocycles. The molecule has 2 heterocycles. The Balaban J connectivity index is 2.02. The lowest BCUT2D eigenvalue weighted by atomic mass is 9.87. The molecule has 0 spiro atoms. The summed E-state index contributed by atoms with van der Waals surface area (Å²) in [6, 6.07) is 8.12. The molecular weight excluding hydrogens is 356 g/mol. The van der Waals surface area contributed by atoms with Gasteiger partial charge in [0.15, 0.2) is 0 Å². The summed E-state index contributed by atoms with van der Waals surface area (Å²) in [5.41, 5.74) is 2.58. The lowest BCUT2D eigenvalue weighted by Gasteiger charge is -2.19. The van der Waals surface area contributed by atoms with Gasteiger partial charge in [0.25, 0.3) is 5.56 Å². The highest BCUT2D eigenvalue weighted by atomic mass is 79.9. The summed E-state index contributed by atoms with van der Waals surface area (Å²) < 4.78 is 0.723. The third-order valence-electron chi connectivity index (χ3n) is 3.64. The first kappa shape index (κ1) is 15.7. The minimum absolute atomic E-state index is 0.0994. The van der Waals surface area contributed by atoms with Crippen molar-refractivity contribution >= 4 is 38.3 Å². The second-order valence-corrected chi connectivity index (χ2v) is 7.22. The van der Waals surface area contributed by atoms with Crippen molar-refractivity contribution in [2.45, 2.75) is 26.2 Å². The van der Waals surface area contributed by atoms with E-state index in [4.69, 9.17) is 0 Å². The molecule has 3 aromatic rings. The lowest BCUT2D eigenvalue weighted by molar-refractivity contribution is 0.590. The van der Waals surface area contributed by atoms with Crippen molar-refractivity contribution < 1.29 is 0 Å². The number of H-pyrrole nitrogens is 1. The monoisotopic (exact) mass is 372 g/mol. The smallest absolute Gasteiger partial charge is 0.261 e. The van der Waals surface area contributed by atoms with Gasteiger partial charge in [-0.15, -0.1) is 0 Å². The van der Waals surface area contributed by atoms with Gasteiger partial charge in [0.1, 0.15) is 17.5 Å². The van der Waals surface area contributed by atoms with Crippen LogP contribution in [-0.4, -0.2) is 15.0 Å². The van der Waals surface area contributed by atoms with Gasteiger partial charge >= 0.3 is 0 Å². The van der Waals surface area contributed by atoms with Crippen molar-refractivity contribution in [3.8, 4) is 0 Å². The third kappa shape index (κ3) is 3.12. The van der Waals surface area contributed by atoms with Crippen molar-refractivity contribution in [1.82, 2.24) is 15.0 Å². The molecule has 0 radical (unpaired) electrons. The highest BCUT2D eigenvalue weighted by molar-refractivity contribution is 9.10. The Hall–Kier alpha value is -2.21. The largest absolute Gasteiger partial charge is 0.339 e. The summed E-state index contributed by atoms with van der Waals surface area (Å²) in [6.07, 6.45) is 3.03. The molecule has 3 rings (SSSR count). The molecule has 0 bridgehead atoms. The quantitative estimate of drug-likeness (QED) is 0.709. The van der Waals surface area contributed by atoms with E-state index in [0.717, 1.165) is 10.2 Å². The van der Waals surface area contributed by atoms with E-state index in [1.54, 1.807) is 6.20 Å². The molecule has 23 heavy (non-hydrogen) atoms. The molecular formula is C17H17BrN4O. The number of halogens is 1. The molecule has 0 fully saturated rings. The summed E-state index contributed by atoms with van der Waals surface area (Å²) in [7, 11) is 0. The van der Waals surface area contributed by atoms with Gasteiger partial charge in [-0.05, 0) is 39.0 Å². The average molecular weight is 373 g/mol. The van der Waals surface area contributed by atoms with Crippen molar-refractivity contribution in [2.24, 2.45) is 0 Å². The first-order chi connectivity index (χ1) is 10.9. The molecule has 0 unspecified atom stereocenters. The van der Waals surface area contributed by atoms with E-state index >= 15 is 0 Å². The van der Waals surface area contributed by atoms with Crippen molar-refractivity contribution in [2.75, 3.05) is 5.32 Å². The zero-order valence-corrected chi connectivity index (χ0v) is 14.7. The summed E-state index contributed by atoms with van der Waals surface area (Å²) in [4.78, 5) is 23.2. The molecule has 0 saturated carbocycles. The highest BCUT2D eigenvalue weighted by Gasteiger charge is 2.14. The third-order valence-corrected chi connectivity index (χ3v) is 4.25. The minimum Gasteiger partial charge on any atom is -0.339 e. The van der Waals surface area contributed by atoms with Gasteiger partial charge in [0.05, 0.1) is 9.99 Å². The highest BCUT2D eigenvalue weighted by Crippen LogP contribution is 2.27. The topological polar surface area (TPSA) is 70.7 Å². The number of anilines is 2. The summed E-state index contributed by atoms with van der Waals surface area (Å²) >= 11 is 3.39. The van der Waals surface area contributed by atoms with Gasteiger partial charge in [-0.25, -0.2) is 9.97 Å². The first-order valence-electron chi connectivity index (χ1n) is 7.26. The maximum absolute atomic E-state index is 12.1. The van der Waals surface area contributed by atoms with Gasteiger partial charge in [-0.2, -0.15) is 0 Å². The molecule has 0 atom stereocenters. The predicted octanol–water partition coefficient (Wildman–Crippen LogP) is 4.12. The zero-order valence-electron chi connectivity index (χ0n) is 13.1. The van der Waals surface area contributed by atoms with E-state index in [1.165, 1.54) is 11.9 Å². The van der Waals surface area contributed by atoms with E-state index < -0.39 is 0 Å². The van der Waals surface area contributed by atoms with Gasteiger partial charge in [0, 0.05) is 11.9 Å². The van der Waals surface area contributed by atoms with Crippen LogP contribution in [0.15, 0.2) is 46.1 Å². The van der Waals surface area contributed by atoms with E-state index in [9.17, 15) is 4.79 Å². The molecule has 0 aliphatic rings. The standard InChI is InChI=1S/C17H17BrN4O/c1-17(2,3)10-4-6-11(7-5-10)22-15-13-14(20-9-21-15)12(18)8-19-16(13)23/h4-9H,1-3H3,(H,19,23)(H,20,21,22). The molecule has 118 valence electrons. The van der Waals surface area contributed by atoms with Crippen LogP contribution in [-0.2, 0) is 5.41 Å². The Morgan fingerprint density at radius 3 is 2.48 bits per heavy atom. The number of fused-ring (bicyclic) bond motifs is 1. The minimum atomic E-state index is -0.224. The number of nitrogens with one attached hydrogen (secondary N) is 2. The Bertz CT molecular complexity index is 911. The number of pyridine rings is 1. The fraction of sp³-hybridized carbons (Fsp3) is 0.235. The number of aromatic amines is 1. The maximum atomic E-state index is 12.1. The van der Waals surface area contributed by atoms with Gasteiger partial charge < -0.3 is 10.3 Å². The Kier molecular flexibility index (Phi) is 3.93. The lowest BCUT2D eigenvalue weighted by Crippen LogP contribution is -2.11. The summed E-state index contributed by atoms with van der Waals surface area (Å²) in [5.74, 6) is 0.487. The first-order valence-corrected chi connectivity index (χ1v) is 8.05. The molecule has 2 N–H and O–H groups in total. The average Bonchev–Trinajstić information content (AvgIpc) is 2.51. The van der Waals surface area contributed by atoms with Crippen molar-refractivity contribution in [3.05, 3.63) is 57.2 Å². The molecule has 1 aromatic carbocycles. The molecule has 2 aromatic heterocycles. The number of hydrogen-bond acceptors (Lipinski definition) is 4. The van der Waals surface area contributed by atoms with Crippen LogP contribution >= 0.6 is 15.9 Å². The van der Waals surface area contributed by atoms with E-state index in [2.05, 4.69) is 69.1 Å². The molecule has 5 nitrogen and oxygen atoms in total. The Morgan fingerprint density at radius 1 is 1.13 bits per heavy atom.